The highest BCUT2D eigenvalue weighted by Gasteiger charge is 2.50. The van der Waals surface area contributed by atoms with Crippen molar-refractivity contribution >= 4 is 23.5 Å². The molecule has 0 bridgehead atoms. The van der Waals surface area contributed by atoms with Gasteiger partial charge < -0.3 is 20.2 Å². The second-order valence-electron chi connectivity index (χ2n) is 9.59. The molecule has 2 fully saturated rings. The number of urea groups is 1. The molecule has 202 valence electrons. The van der Waals surface area contributed by atoms with Crippen molar-refractivity contribution in [3.8, 4) is 0 Å². The summed E-state index contributed by atoms with van der Waals surface area (Å²) < 4.78 is 39.3. The van der Waals surface area contributed by atoms with Crippen LogP contribution < -0.4 is 5.32 Å². The number of nitrogens with one attached hydrogen (secondary N) is 1. The first-order chi connectivity index (χ1) is 17.3. The maximum Gasteiger partial charge on any atom is 0.416 e. The molecule has 0 radical (unpaired) electrons. The molecule has 1 aliphatic carbocycles. The normalized spacial score (nSPS) is 21.3. The summed E-state index contributed by atoms with van der Waals surface area (Å²) in [7, 11) is 0. The fraction of sp³-hybridized carbons (Fsp3) is 0.481. The standard InChI is InChI=1S/C27H33ClF3N3O3/c1-5-19(8-7-18(4)28)15-33(6-2)24(36)23-14-21(35)16-34(23)25(37)32-26(11-12-26)22-10-9-20(13-17(22)3)27(29,30)31/h5,7-10,13,21,23,35H,4,6,11-12,14-16H2,1-3H3,(H,32,37)/b8-7-,19-5+/t21-,23-/m1/s1. The molecule has 1 aromatic carbocycles. The van der Waals surface area contributed by atoms with Crippen LogP contribution in [0.1, 0.15) is 49.8 Å². The van der Waals surface area contributed by atoms with E-state index in [2.05, 4.69) is 11.9 Å². The SMILES string of the molecule is C=C(Cl)/C=C\C(=C/C)CN(CC)C(=O)[C@H]1C[C@@H](O)CN1C(=O)NC1(c2ccc(C(F)(F)F)cc2C)CC1. The fourth-order valence-electron chi connectivity index (χ4n) is 4.73. The van der Waals surface area contributed by atoms with Crippen LogP contribution in [-0.4, -0.2) is 58.6 Å². The summed E-state index contributed by atoms with van der Waals surface area (Å²) in [6.45, 7) is 9.55. The van der Waals surface area contributed by atoms with Gasteiger partial charge in [-0.2, -0.15) is 13.2 Å². The van der Waals surface area contributed by atoms with E-state index in [9.17, 15) is 27.9 Å². The number of aryl methyl sites for hydroxylation is 1. The topological polar surface area (TPSA) is 72.9 Å². The van der Waals surface area contributed by atoms with Crippen molar-refractivity contribution in [1.82, 2.24) is 15.1 Å². The zero-order valence-electron chi connectivity index (χ0n) is 21.2. The van der Waals surface area contributed by atoms with Gasteiger partial charge in [0, 0.05) is 31.1 Å². The van der Waals surface area contributed by atoms with Crippen LogP contribution in [0, 0.1) is 6.92 Å². The summed E-state index contributed by atoms with van der Waals surface area (Å²) in [6.07, 6.45) is 1.19. The van der Waals surface area contributed by atoms with Crippen LogP contribution >= 0.6 is 11.6 Å². The smallest absolute Gasteiger partial charge is 0.391 e. The summed E-state index contributed by atoms with van der Waals surface area (Å²) in [5.41, 5.74) is 0.363. The number of hydrogen-bond acceptors (Lipinski definition) is 3. The molecule has 1 aliphatic heterocycles. The van der Waals surface area contributed by atoms with Crippen LogP contribution in [0.2, 0.25) is 0 Å². The number of likely N-dealkylation sites (N-methyl/N-ethyl adjacent to an activating group) is 1. The highest BCUT2D eigenvalue weighted by Crippen LogP contribution is 2.48. The number of aliphatic hydroxyl groups is 1. The average molecular weight is 540 g/mol. The average Bonchev–Trinajstić information content (AvgIpc) is 3.49. The molecule has 0 unspecified atom stereocenters. The van der Waals surface area contributed by atoms with Crippen LogP contribution in [0.4, 0.5) is 18.0 Å². The minimum atomic E-state index is -4.45. The highest BCUT2D eigenvalue weighted by atomic mass is 35.5. The van der Waals surface area contributed by atoms with Gasteiger partial charge in [-0.3, -0.25) is 4.79 Å². The third-order valence-corrected chi connectivity index (χ3v) is 7.03. The van der Waals surface area contributed by atoms with E-state index in [0.29, 0.717) is 42.1 Å². The van der Waals surface area contributed by atoms with Crippen molar-refractivity contribution in [3.05, 3.63) is 70.3 Å². The van der Waals surface area contributed by atoms with E-state index in [1.54, 1.807) is 24.0 Å². The van der Waals surface area contributed by atoms with Gasteiger partial charge in [-0.05, 0) is 68.5 Å². The van der Waals surface area contributed by atoms with Gasteiger partial charge in [0.1, 0.15) is 6.04 Å². The molecule has 2 aliphatic rings. The monoisotopic (exact) mass is 539 g/mol. The van der Waals surface area contributed by atoms with E-state index in [1.807, 2.05) is 19.9 Å². The first kappa shape index (κ1) is 28.8. The maximum atomic E-state index is 13.5. The number of halogens is 4. The van der Waals surface area contributed by atoms with Crippen LogP contribution in [0.15, 0.2) is 53.6 Å². The van der Waals surface area contributed by atoms with Crippen molar-refractivity contribution in [3.63, 3.8) is 0 Å². The number of rotatable bonds is 8. The molecule has 6 nitrogen and oxygen atoms in total. The van der Waals surface area contributed by atoms with E-state index >= 15 is 0 Å². The van der Waals surface area contributed by atoms with Crippen molar-refractivity contribution in [2.45, 2.75) is 63.9 Å². The summed E-state index contributed by atoms with van der Waals surface area (Å²) >= 11 is 5.81. The summed E-state index contributed by atoms with van der Waals surface area (Å²) in [5, 5.41) is 13.6. The van der Waals surface area contributed by atoms with Gasteiger partial charge in [0.15, 0.2) is 0 Å². The maximum absolute atomic E-state index is 13.5. The Balaban J connectivity index is 1.76. The van der Waals surface area contributed by atoms with Gasteiger partial charge in [-0.15, -0.1) is 0 Å². The third kappa shape index (κ3) is 6.76. The second kappa shape index (κ2) is 11.3. The van der Waals surface area contributed by atoms with Crippen LogP contribution in [0.3, 0.4) is 0 Å². The van der Waals surface area contributed by atoms with Gasteiger partial charge >= 0.3 is 12.2 Å². The second-order valence-corrected chi connectivity index (χ2v) is 10.1. The Labute approximate surface area is 220 Å². The van der Waals surface area contributed by atoms with E-state index in [-0.39, 0.29) is 18.9 Å². The number of allylic oxidation sites excluding steroid dienone is 3. The van der Waals surface area contributed by atoms with Crippen molar-refractivity contribution < 1.29 is 27.9 Å². The Morgan fingerprint density at radius 2 is 2.00 bits per heavy atom. The minimum absolute atomic E-state index is 0.00961. The molecule has 1 heterocycles. The highest BCUT2D eigenvalue weighted by molar-refractivity contribution is 6.30. The number of likely N-dealkylation sites (tertiary alicyclic amines) is 1. The molecule has 37 heavy (non-hydrogen) atoms. The number of β-amino-alcohol motifs (C(OH)–C–C–N with tert-alkyl or cyclic N) is 1. The molecule has 2 N–H and O–H groups in total. The molecule has 3 amide bonds. The molecule has 2 atom stereocenters. The van der Waals surface area contributed by atoms with Crippen LogP contribution in [0.25, 0.3) is 0 Å². The van der Waals surface area contributed by atoms with E-state index in [4.69, 9.17) is 11.6 Å². The summed E-state index contributed by atoms with van der Waals surface area (Å²) in [5.74, 6) is -0.290. The van der Waals surface area contributed by atoms with Gasteiger partial charge in [0.25, 0.3) is 0 Å². The number of benzene rings is 1. The van der Waals surface area contributed by atoms with Crippen LogP contribution in [-0.2, 0) is 16.5 Å². The molecule has 0 spiro atoms. The zero-order chi connectivity index (χ0) is 27.5. The van der Waals surface area contributed by atoms with E-state index < -0.39 is 35.5 Å². The van der Waals surface area contributed by atoms with Gasteiger partial charge in [-0.25, -0.2) is 4.79 Å². The molecular formula is C27H33ClF3N3O3. The van der Waals surface area contributed by atoms with Crippen LogP contribution in [0.5, 0.6) is 0 Å². The molecule has 0 aromatic heterocycles. The lowest BCUT2D eigenvalue weighted by Crippen LogP contribution is -2.53. The first-order valence-corrected chi connectivity index (χ1v) is 12.6. The molecule has 1 saturated heterocycles. The largest absolute Gasteiger partial charge is 0.416 e. The van der Waals surface area contributed by atoms with E-state index in [1.165, 1.54) is 11.0 Å². The van der Waals surface area contributed by atoms with Crippen molar-refractivity contribution in [2.24, 2.45) is 0 Å². The number of nitrogens with zero attached hydrogens (tertiary/aromatic N) is 2. The number of carbonyl (C=O) groups excluding carboxylic acids is 2. The molecule has 1 aromatic rings. The Morgan fingerprint density at radius 1 is 1.32 bits per heavy atom. The number of alkyl halides is 3. The van der Waals surface area contributed by atoms with Gasteiger partial charge in [0.2, 0.25) is 5.91 Å². The van der Waals surface area contributed by atoms with E-state index in [0.717, 1.165) is 17.7 Å². The number of hydrogen-bond donors (Lipinski definition) is 2. The first-order valence-electron chi connectivity index (χ1n) is 12.2. The molecular weight excluding hydrogens is 507 g/mol. The lowest BCUT2D eigenvalue weighted by atomic mass is 9.97. The minimum Gasteiger partial charge on any atom is -0.391 e. The Hall–Kier alpha value is -2.78. The lowest BCUT2D eigenvalue weighted by Gasteiger charge is -2.31. The quantitative estimate of drug-likeness (QED) is 0.443. The van der Waals surface area contributed by atoms with Gasteiger partial charge in [-0.1, -0.05) is 36.4 Å². The molecule has 10 heteroatoms. The third-order valence-electron chi connectivity index (χ3n) is 6.91. The summed E-state index contributed by atoms with van der Waals surface area (Å²) in [6, 6.07) is 2.14. The Bertz CT molecular complexity index is 1110. The lowest BCUT2D eigenvalue weighted by molar-refractivity contribution is -0.137. The molecule has 3 rings (SSSR count). The van der Waals surface area contributed by atoms with Gasteiger partial charge in [0.05, 0.1) is 17.2 Å². The summed E-state index contributed by atoms with van der Waals surface area (Å²) in [4.78, 5) is 29.7. The molecule has 1 saturated carbocycles. The Kier molecular flexibility index (Phi) is 8.80. The number of aliphatic hydroxyl groups excluding tert-OH is 1. The zero-order valence-corrected chi connectivity index (χ0v) is 22.0. The van der Waals surface area contributed by atoms with Crippen molar-refractivity contribution in [2.75, 3.05) is 19.6 Å². The fourth-order valence-corrected chi connectivity index (χ4v) is 4.79. The Morgan fingerprint density at radius 3 is 2.51 bits per heavy atom. The van der Waals surface area contributed by atoms with Crippen molar-refractivity contribution in [1.29, 1.82) is 0 Å². The number of amides is 3. The number of carbonyl (C=O) groups is 2. The predicted octanol–water partition coefficient (Wildman–Crippen LogP) is 5.25. The predicted molar refractivity (Wildman–Crippen MR) is 137 cm³/mol.